The molecule has 5 nitrogen and oxygen atoms in total. The maximum atomic E-state index is 11.0. The van der Waals surface area contributed by atoms with Crippen molar-refractivity contribution in [1.82, 2.24) is 4.90 Å². The summed E-state index contributed by atoms with van der Waals surface area (Å²) in [7, 11) is 1.61. The van der Waals surface area contributed by atoms with Crippen LogP contribution in [0.25, 0.3) is 0 Å². The summed E-state index contributed by atoms with van der Waals surface area (Å²) in [5, 5.41) is 14.8. The van der Waals surface area contributed by atoms with Crippen LogP contribution in [0.15, 0.2) is 77.3 Å². The highest BCUT2D eigenvalue weighted by atomic mass is 79.9. The number of carboxylic acid groups (broad SMARTS) is 1. The second-order valence-corrected chi connectivity index (χ2v) is 7.90. The van der Waals surface area contributed by atoms with Gasteiger partial charge in [0, 0.05) is 17.6 Å². The Bertz CT molecular complexity index is 1020. The van der Waals surface area contributed by atoms with Gasteiger partial charge in [-0.1, -0.05) is 64.5 Å². The molecule has 0 bridgehead atoms. The van der Waals surface area contributed by atoms with E-state index in [2.05, 4.69) is 21.2 Å². The summed E-state index contributed by atoms with van der Waals surface area (Å²) in [6.07, 6.45) is 0. The highest BCUT2D eigenvalue weighted by Gasteiger charge is 2.14. The van der Waals surface area contributed by atoms with Crippen LogP contribution < -0.4 is 15.2 Å². The largest absolute Gasteiger partial charge is 0.545 e. The molecule has 0 fully saturated rings. The Morgan fingerprint density at radius 3 is 2.13 bits per heavy atom. The molecule has 0 heterocycles. The average molecular weight is 484 g/mol. The van der Waals surface area contributed by atoms with E-state index in [9.17, 15) is 9.90 Å². The molecule has 7 heteroatoms. The number of nitrogens with zero attached hydrogens (tertiary/aromatic N) is 1. The van der Waals surface area contributed by atoms with Gasteiger partial charge in [-0.05, 0) is 53.2 Å². The third-order valence-corrected chi connectivity index (χ3v) is 5.37. The van der Waals surface area contributed by atoms with E-state index in [0.29, 0.717) is 24.0 Å². The normalized spacial score (nSPS) is 10.3. The molecule has 154 valence electrons. The van der Waals surface area contributed by atoms with Gasteiger partial charge < -0.3 is 24.9 Å². The van der Waals surface area contributed by atoms with E-state index in [0.717, 1.165) is 21.3 Å². The lowest BCUT2D eigenvalue weighted by Gasteiger charge is -2.27. The number of methoxy groups -OCH3 is 1. The van der Waals surface area contributed by atoms with Gasteiger partial charge in [-0.2, -0.15) is 0 Å². The van der Waals surface area contributed by atoms with Gasteiger partial charge in [0.1, 0.15) is 5.75 Å². The molecular weight excluding hydrogens is 464 g/mol. The monoisotopic (exact) mass is 483 g/mol. The zero-order chi connectivity index (χ0) is 21.5. The van der Waals surface area contributed by atoms with Crippen molar-refractivity contribution in [2.24, 2.45) is 0 Å². The van der Waals surface area contributed by atoms with E-state index < -0.39 is 5.97 Å². The molecule has 0 aliphatic heterocycles. The molecule has 0 radical (unpaired) electrons. The van der Waals surface area contributed by atoms with Gasteiger partial charge in [0.25, 0.3) is 0 Å². The lowest BCUT2D eigenvalue weighted by molar-refractivity contribution is -0.255. The lowest BCUT2D eigenvalue weighted by atomic mass is 10.1. The highest BCUT2D eigenvalue weighted by Crippen LogP contribution is 2.24. The van der Waals surface area contributed by atoms with Crippen LogP contribution in [0.3, 0.4) is 0 Å². The van der Waals surface area contributed by atoms with Crippen LogP contribution in [-0.2, 0) is 13.1 Å². The second-order valence-electron chi connectivity index (χ2n) is 6.60. The van der Waals surface area contributed by atoms with Gasteiger partial charge in [0.05, 0.1) is 18.8 Å². The highest BCUT2D eigenvalue weighted by molar-refractivity contribution is 9.10. The molecular formula is C23H20BrN2O3S-. The summed E-state index contributed by atoms with van der Waals surface area (Å²) in [5.74, 6) is -0.497. The number of hydrogen-bond donors (Lipinski definition) is 1. The molecule has 0 saturated heterocycles. The van der Waals surface area contributed by atoms with Crippen molar-refractivity contribution in [3.8, 4) is 5.75 Å². The first kappa shape index (κ1) is 21.8. The number of thiocarbonyl (C=S) groups is 1. The van der Waals surface area contributed by atoms with Gasteiger partial charge in [-0.3, -0.25) is 0 Å². The van der Waals surface area contributed by atoms with E-state index in [1.54, 1.807) is 31.4 Å². The van der Waals surface area contributed by atoms with Crippen LogP contribution in [-0.4, -0.2) is 23.1 Å². The number of benzene rings is 3. The molecule has 1 N–H and O–H groups in total. The topological polar surface area (TPSA) is 64.6 Å². The Kier molecular flexibility index (Phi) is 7.43. The van der Waals surface area contributed by atoms with E-state index >= 15 is 0 Å². The summed E-state index contributed by atoms with van der Waals surface area (Å²) in [5.41, 5.74) is 2.95. The van der Waals surface area contributed by atoms with Crippen molar-refractivity contribution in [3.63, 3.8) is 0 Å². The number of carbonyl (C=O) groups is 1. The Balaban J connectivity index is 1.83. The minimum atomic E-state index is -1.19. The molecule has 0 spiro atoms. The summed E-state index contributed by atoms with van der Waals surface area (Å²) < 4.78 is 6.41. The number of para-hydroxylation sites is 2. The Hall–Kier alpha value is -2.90. The fraction of sp³-hybridized carbons (Fsp3) is 0.130. The molecule has 0 saturated carbocycles. The van der Waals surface area contributed by atoms with E-state index in [-0.39, 0.29) is 5.56 Å². The maximum absolute atomic E-state index is 11.0. The second kappa shape index (κ2) is 10.2. The number of ether oxygens (including phenoxy) is 1. The molecule has 0 aliphatic carbocycles. The molecule has 30 heavy (non-hydrogen) atoms. The molecule has 0 atom stereocenters. The quantitative estimate of drug-likeness (QED) is 0.507. The van der Waals surface area contributed by atoms with Crippen LogP contribution >= 0.6 is 28.1 Å². The number of nitrogens with one attached hydrogen (secondary N) is 1. The van der Waals surface area contributed by atoms with Crippen molar-refractivity contribution in [1.29, 1.82) is 0 Å². The van der Waals surface area contributed by atoms with Crippen molar-refractivity contribution >= 4 is 44.9 Å². The molecule has 3 aromatic carbocycles. The standard InChI is InChI=1S/C23H21BrN2O3S/c1-29-21-5-3-2-4-20(21)25-23(30)26(15-17-8-12-19(24)13-9-17)14-16-6-10-18(11-7-16)22(27)28/h2-13H,14-15H2,1H3,(H,25,30)(H,27,28)/p-1. The van der Waals surface area contributed by atoms with E-state index in [1.807, 2.05) is 53.4 Å². The van der Waals surface area contributed by atoms with Crippen molar-refractivity contribution in [3.05, 3.63) is 94.0 Å². The number of hydrogen-bond acceptors (Lipinski definition) is 4. The predicted octanol–water partition coefficient (Wildman–Crippen LogP) is 4.22. The van der Waals surface area contributed by atoms with Crippen LogP contribution in [0, 0.1) is 0 Å². The number of aromatic carboxylic acids is 1. The zero-order valence-electron chi connectivity index (χ0n) is 16.3. The van der Waals surface area contributed by atoms with Crippen molar-refractivity contribution in [2.75, 3.05) is 12.4 Å². The fourth-order valence-corrected chi connectivity index (χ4v) is 3.42. The smallest absolute Gasteiger partial charge is 0.174 e. The third-order valence-electron chi connectivity index (χ3n) is 4.49. The Morgan fingerprint density at radius 2 is 1.57 bits per heavy atom. The zero-order valence-corrected chi connectivity index (χ0v) is 18.7. The predicted molar refractivity (Wildman–Crippen MR) is 123 cm³/mol. The van der Waals surface area contributed by atoms with Gasteiger partial charge >= 0.3 is 0 Å². The summed E-state index contributed by atoms with van der Waals surface area (Å²) in [4.78, 5) is 13.0. The van der Waals surface area contributed by atoms with E-state index in [1.165, 1.54) is 0 Å². The first-order valence-corrected chi connectivity index (χ1v) is 10.4. The number of halogens is 1. The van der Waals surface area contributed by atoms with Gasteiger partial charge in [-0.25, -0.2) is 0 Å². The fourth-order valence-electron chi connectivity index (χ4n) is 2.92. The van der Waals surface area contributed by atoms with Crippen LogP contribution in [0.2, 0.25) is 0 Å². The molecule has 0 amide bonds. The summed E-state index contributed by atoms with van der Waals surface area (Å²) >= 11 is 9.16. The number of anilines is 1. The van der Waals surface area contributed by atoms with Crippen LogP contribution in [0.5, 0.6) is 5.75 Å². The molecule has 0 unspecified atom stereocenters. The molecule has 0 aliphatic rings. The summed E-state index contributed by atoms with van der Waals surface area (Å²) in [6, 6.07) is 22.2. The number of rotatable bonds is 7. The van der Waals surface area contributed by atoms with Gasteiger partial charge in [0.2, 0.25) is 0 Å². The average Bonchev–Trinajstić information content (AvgIpc) is 2.75. The van der Waals surface area contributed by atoms with E-state index in [4.69, 9.17) is 17.0 Å². The van der Waals surface area contributed by atoms with Crippen molar-refractivity contribution < 1.29 is 14.6 Å². The number of carboxylic acids is 1. The first-order valence-electron chi connectivity index (χ1n) is 9.20. The van der Waals surface area contributed by atoms with Gasteiger partial charge in [-0.15, -0.1) is 0 Å². The van der Waals surface area contributed by atoms with Gasteiger partial charge in [0.15, 0.2) is 5.11 Å². The Morgan fingerprint density at radius 1 is 1.00 bits per heavy atom. The SMILES string of the molecule is COc1ccccc1NC(=S)N(Cc1ccc(Br)cc1)Cc1ccc(C(=O)[O-])cc1. The first-order chi connectivity index (χ1) is 14.5. The minimum Gasteiger partial charge on any atom is -0.545 e. The molecule has 3 rings (SSSR count). The third kappa shape index (κ3) is 5.81. The molecule has 3 aromatic rings. The molecule has 0 aromatic heterocycles. The van der Waals surface area contributed by atoms with Crippen molar-refractivity contribution in [2.45, 2.75) is 13.1 Å². The Labute approximate surface area is 189 Å². The maximum Gasteiger partial charge on any atom is 0.174 e. The minimum absolute atomic E-state index is 0.146. The van der Waals surface area contributed by atoms with Crippen LogP contribution in [0.1, 0.15) is 21.5 Å². The van der Waals surface area contributed by atoms with Crippen LogP contribution in [0.4, 0.5) is 5.69 Å². The summed E-state index contributed by atoms with van der Waals surface area (Å²) in [6.45, 7) is 1.08. The number of carbonyl (C=O) groups excluding carboxylic acids is 1. The lowest BCUT2D eigenvalue weighted by Crippen LogP contribution is -2.34.